The van der Waals surface area contributed by atoms with E-state index in [0.29, 0.717) is 36.6 Å². The maximum Gasteiger partial charge on any atom is 0.260 e. The molecule has 0 bridgehead atoms. The number of benzene rings is 1. The van der Waals surface area contributed by atoms with Gasteiger partial charge in [-0.3, -0.25) is 4.79 Å². The fraction of sp³-hybridized carbons (Fsp3) is 0.308. The molecule has 0 atom stereocenters. The van der Waals surface area contributed by atoms with E-state index >= 15 is 0 Å². The molecular formula is C13H15N5O2. The second-order valence-electron chi connectivity index (χ2n) is 4.59. The molecule has 1 aliphatic heterocycles. The summed E-state index contributed by atoms with van der Waals surface area (Å²) in [7, 11) is 1.53. The molecule has 0 fully saturated rings. The first-order chi connectivity index (χ1) is 9.70. The summed E-state index contributed by atoms with van der Waals surface area (Å²) in [5.74, 6) is 1.12. The number of anilines is 1. The molecule has 0 radical (unpaired) electrons. The van der Waals surface area contributed by atoms with Crippen LogP contribution in [0, 0.1) is 0 Å². The van der Waals surface area contributed by atoms with Gasteiger partial charge < -0.3 is 19.9 Å². The van der Waals surface area contributed by atoms with Crippen molar-refractivity contribution in [3.8, 4) is 5.75 Å². The summed E-state index contributed by atoms with van der Waals surface area (Å²) >= 11 is 0. The number of carbonyl (C=O) groups is 1. The van der Waals surface area contributed by atoms with E-state index in [0.717, 1.165) is 5.82 Å². The van der Waals surface area contributed by atoms with Gasteiger partial charge in [0.25, 0.3) is 5.91 Å². The molecule has 0 unspecified atom stereocenters. The van der Waals surface area contributed by atoms with Crippen molar-refractivity contribution in [2.45, 2.75) is 13.1 Å². The van der Waals surface area contributed by atoms with E-state index in [-0.39, 0.29) is 5.91 Å². The predicted octanol–water partition coefficient (Wildman–Crippen LogP) is 0.525. The van der Waals surface area contributed by atoms with Gasteiger partial charge in [-0.25, -0.2) is 0 Å². The van der Waals surface area contributed by atoms with E-state index in [9.17, 15) is 4.79 Å². The average molecular weight is 273 g/mol. The zero-order valence-electron chi connectivity index (χ0n) is 11.1. The van der Waals surface area contributed by atoms with Crippen LogP contribution in [-0.4, -0.2) is 39.2 Å². The first kappa shape index (κ1) is 12.5. The normalized spacial score (nSPS) is 13.9. The number of nitrogen functional groups attached to an aromatic ring is 1. The third kappa shape index (κ3) is 1.97. The lowest BCUT2D eigenvalue weighted by molar-refractivity contribution is 0.0705. The summed E-state index contributed by atoms with van der Waals surface area (Å²) in [6.45, 7) is 1.71. The number of rotatable bonds is 2. The number of nitrogens with two attached hydrogens (primary N) is 1. The van der Waals surface area contributed by atoms with E-state index in [1.807, 2.05) is 4.57 Å². The number of amides is 1. The zero-order chi connectivity index (χ0) is 14.1. The molecule has 0 saturated heterocycles. The molecule has 1 amide bonds. The number of aromatic nitrogens is 3. The van der Waals surface area contributed by atoms with E-state index < -0.39 is 0 Å². The van der Waals surface area contributed by atoms with Crippen molar-refractivity contribution in [1.29, 1.82) is 0 Å². The van der Waals surface area contributed by atoms with Crippen molar-refractivity contribution < 1.29 is 9.53 Å². The summed E-state index contributed by atoms with van der Waals surface area (Å²) in [5, 5.41) is 7.85. The highest BCUT2D eigenvalue weighted by Gasteiger charge is 2.26. The summed E-state index contributed by atoms with van der Waals surface area (Å²) in [4.78, 5) is 14.3. The van der Waals surface area contributed by atoms with Gasteiger partial charge in [0.2, 0.25) is 0 Å². The van der Waals surface area contributed by atoms with Crippen molar-refractivity contribution >= 4 is 11.6 Å². The van der Waals surface area contributed by atoms with Gasteiger partial charge in [0.05, 0.1) is 13.7 Å². The number of fused-ring (bicyclic) bond motifs is 1. The molecule has 0 aliphatic carbocycles. The van der Waals surface area contributed by atoms with Gasteiger partial charge in [-0.2, -0.15) is 0 Å². The van der Waals surface area contributed by atoms with Crippen LogP contribution in [0.3, 0.4) is 0 Å². The van der Waals surface area contributed by atoms with Gasteiger partial charge in [-0.05, 0) is 12.1 Å². The third-order valence-electron chi connectivity index (χ3n) is 3.42. The first-order valence-electron chi connectivity index (χ1n) is 6.29. The molecule has 2 N–H and O–H groups in total. The minimum absolute atomic E-state index is 0.144. The van der Waals surface area contributed by atoms with E-state index in [2.05, 4.69) is 10.2 Å². The fourth-order valence-corrected chi connectivity index (χ4v) is 2.34. The summed E-state index contributed by atoms with van der Waals surface area (Å²) in [5.41, 5.74) is 6.74. The topological polar surface area (TPSA) is 86.3 Å². The number of methoxy groups -OCH3 is 1. The number of carbonyl (C=O) groups excluding carboxylic acids is 1. The van der Waals surface area contributed by atoms with Crippen LogP contribution in [0.15, 0.2) is 24.5 Å². The molecule has 104 valence electrons. The lowest BCUT2D eigenvalue weighted by atomic mass is 10.1. The Morgan fingerprint density at radius 1 is 1.40 bits per heavy atom. The quantitative estimate of drug-likeness (QED) is 0.806. The Morgan fingerprint density at radius 2 is 2.25 bits per heavy atom. The molecule has 3 rings (SSSR count). The van der Waals surface area contributed by atoms with Crippen LogP contribution in [0.25, 0.3) is 0 Å². The van der Waals surface area contributed by atoms with Crippen LogP contribution >= 0.6 is 0 Å². The van der Waals surface area contributed by atoms with Gasteiger partial charge in [0.1, 0.15) is 17.6 Å². The smallest absolute Gasteiger partial charge is 0.260 e. The molecule has 1 aromatic heterocycles. The Kier molecular flexibility index (Phi) is 3.02. The molecule has 7 heteroatoms. The number of ether oxygens (including phenoxy) is 1. The fourth-order valence-electron chi connectivity index (χ4n) is 2.34. The van der Waals surface area contributed by atoms with Gasteiger partial charge in [-0.15, -0.1) is 10.2 Å². The summed E-state index contributed by atoms with van der Waals surface area (Å²) < 4.78 is 7.17. The minimum Gasteiger partial charge on any atom is -0.496 e. The Labute approximate surface area is 116 Å². The van der Waals surface area contributed by atoms with E-state index in [1.54, 1.807) is 29.4 Å². The van der Waals surface area contributed by atoms with Crippen molar-refractivity contribution in [1.82, 2.24) is 19.7 Å². The molecule has 7 nitrogen and oxygen atoms in total. The van der Waals surface area contributed by atoms with Gasteiger partial charge in [0.15, 0.2) is 5.82 Å². The number of hydrogen-bond acceptors (Lipinski definition) is 5. The molecule has 0 saturated carbocycles. The lowest BCUT2D eigenvalue weighted by Crippen LogP contribution is -2.38. The van der Waals surface area contributed by atoms with Crippen molar-refractivity contribution in [2.75, 3.05) is 19.4 Å². The molecule has 1 aromatic carbocycles. The second-order valence-corrected chi connectivity index (χ2v) is 4.59. The van der Waals surface area contributed by atoms with Crippen LogP contribution in [0.4, 0.5) is 5.69 Å². The SMILES string of the molecule is COc1cccc(N)c1C(=O)N1CCn2cnnc2C1. The largest absolute Gasteiger partial charge is 0.496 e. The molecule has 1 aliphatic rings. The van der Waals surface area contributed by atoms with Crippen molar-refractivity contribution in [2.24, 2.45) is 0 Å². The first-order valence-corrected chi connectivity index (χ1v) is 6.29. The van der Waals surface area contributed by atoms with Crippen LogP contribution in [0.2, 0.25) is 0 Å². The monoisotopic (exact) mass is 273 g/mol. The molecule has 2 heterocycles. The molecule has 2 aromatic rings. The summed E-state index contributed by atoms with van der Waals surface area (Å²) in [6.07, 6.45) is 1.68. The maximum absolute atomic E-state index is 12.6. The van der Waals surface area contributed by atoms with Crippen molar-refractivity contribution in [3.63, 3.8) is 0 Å². The summed E-state index contributed by atoms with van der Waals surface area (Å²) in [6, 6.07) is 5.19. The van der Waals surface area contributed by atoms with Gasteiger partial charge in [-0.1, -0.05) is 6.07 Å². The number of nitrogens with zero attached hydrogens (tertiary/aromatic N) is 4. The molecular weight excluding hydrogens is 258 g/mol. The van der Waals surface area contributed by atoms with Crippen LogP contribution in [-0.2, 0) is 13.1 Å². The second kappa shape index (κ2) is 4.84. The lowest BCUT2D eigenvalue weighted by Gasteiger charge is -2.28. The highest BCUT2D eigenvalue weighted by molar-refractivity contribution is 6.01. The predicted molar refractivity (Wildman–Crippen MR) is 72.2 cm³/mol. The van der Waals surface area contributed by atoms with Crippen molar-refractivity contribution in [3.05, 3.63) is 35.9 Å². The maximum atomic E-state index is 12.6. The highest BCUT2D eigenvalue weighted by Crippen LogP contribution is 2.26. The standard InChI is InChI=1S/C13H15N5O2/c1-20-10-4-2-3-9(14)12(10)13(19)17-5-6-18-8-15-16-11(18)7-17/h2-4,8H,5-7,14H2,1H3. The van der Waals surface area contributed by atoms with Crippen LogP contribution in [0.1, 0.15) is 16.2 Å². The average Bonchev–Trinajstić information content (AvgIpc) is 2.93. The van der Waals surface area contributed by atoms with Crippen LogP contribution in [0.5, 0.6) is 5.75 Å². The van der Waals surface area contributed by atoms with Gasteiger partial charge >= 0.3 is 0 Å². The van der Waals surface area contributed by atoms with Gasteiger partial charge in [0, 0.05) is 18.8 Å². The zero-order valence-corrected chi connectivity index (χ0v) is 11.1. The van der Waals surface area contributed by atoms with Crippen LogP contribution < -0.4 is 10.5 Å². The Balaban J connectivity index is 1.91. The van der Waals surface area contributed by atoms with E-state index in [1.165, 1.54) is 7.11 Å². The Morgan fingerprint density at radius 3 is 3.05 bits per heavy atom. The van der Waals surface area contributed by atoms with E-state index in [4.69, 9.17) is 10.5 Å². The Hall–Kier alpha value is -2.57. The molecule has 0 spiro atoms. The minimum atomic E-state index is -0.144. The number of hydrogen-bond donors (Lipinski definition) is 1. The highest BCUT2D eigenvalue weighted by atomic mass is 16.5. The molecule has 20 heavy (non-hydrogen) atoms. The third-order valence-corrected chi connectivity index (χ3v) is 3.42. The Bertz CT molecular complexity index is 652.